The number of anilines is 2. The third kappa shape index (κ3) is 6.66. The standard InChI is InChI=1S/C26H32FN5O4S/c1-18(37)28-15-22-16-32(26(33)36-22)20-6-9-25(23(27)14-20)31-12-10-30(11-13-31)17-24(29-35-3)19-4-7-21(34-2)8-5-19/h4-9,14,22H,10-13,15-17H2,1-3H3,(H,28,37)/b29-24+/t22-/m0/s1. The zero-order valence-electron chi connectivity index (χ0n) is 21.3. The van der Waals surface area contributed by atoms with Gasteiger partial charge in [0.1, 0.15) is 30.5 Å². The largest absolute Gasteiger partial charge is 0.497 e. The van der Waals surface area contributed by atoms with Gasteiger partial charge in [-0.1, -0.05) is 17.4 Å². The van der Waals surface area contributed by atoms with E-state index in [0.717, 1.165) is 30.1 Å². The number of amides is 1. The first-order valence-corrected chi connectivity index (χ1v) is 12.5. The highest BCUT2D eigenvalue weighted by Crippen LogP contribution is 2.28. The maximum atomic E-state index is 15.1. The van der Waals surface area contributed by atoms with Crippen LogP contribution in [0.2, 0.25) is 0 Å². The molecule has 2 fully saturated rings. The van der Waals surface area contributed by atoms with Gasteiger partial charge in [-0.2, -0.15) is 0 Å². The molecule has 0 radical (unpaired) electrons. The first kappa shape index (κ1) is 26.6. The lowest BCUT2D eigenvalue weighted by Gasteiger charge is -2.36. The van der Waals surface area contributed by atoms with E-state index in [1.54, 1.807) is 26.2 Å². The summed E-state index contributed by atoms with van der Waals surface area (Å²) >= 11 is 5.01. The second-order valence-corrected chi connectivity index (χ2v) is 9.51. The summed E-state index contributed by atoms with van der Waals surface area (Å²) in [4.78, 5) is 23.8. The fraction of sp³-hybridized carbons (Fsp3) is 0.423. The number of hydrogen-bond donors (Lipinski definition) is 1. The minimum atomic E-state index is -0.486. The molecule has 2 saturated heterocycles. The van der Waals surface area contributed by atoms with E-state index >= 15 is 4.39 Å². The van der Waals surface area contributed by atoms with Gasteiger partial charge in [-0.15, -0.1) is 0 Å². The number of carbonyl (C=O) groups excluding carboxylic acids is 1. The Hall–Kier alpha value is -3.44. The van der Waals surface area contributed by atoms with Crippen LogP contribution in [0.15, 0.2) is 47.6 Å². The summed E-state index contributed by atoms with van der Waals surface area (Å²) in [5.41, 5.74) is 2.78. The van der Waals surface area contributed by atoms with Crippen LogP contribution in [0.3, 0.4) is 0 Å². The molecule has 2 heterocycles. The van der Waals surface area contributed by atoms with Crippen molar-refractivity contribution in [1.82, 2.24) is 10.2 Å². The zero-order chi connectivity index (χ0) is 26.4. The Morgan fingerprint density at radius 1 is 1.16 bits per heavy atom. The third-order valence-electron chi connectivity index (χ3n) is 6.41. The number of thiocarbonyl (C=S) groups is 1. The number of methoxy groups -OCH3 is 1. The van der Waals surface area contributed by atoms with Crippen LogP contribution in [0.4, 0.5) is 20.6 Å². The second kappa shape index (κ2) is 12.2. The quantitative estimate of drug-likeness (QED) is 0.301. The second-order valence-electron chi connectivity index (χ2n) is 8.90. The molecule has 0 aromatic heterocycles. The van der Waals surface area contributed by atoms with Crippen LogP contribution in [0.5, 0.6) is 5.75 Å². The molecule has 2 aromatic carbocycles. The van der Waals surface area contributed by atoms with E-state index in [9.17, 15) is 4.79 Å². The first-order chi connectivity index (χ1) is 17.9. The molecule has 2 aliphatic heterocycles. The van der Waals surface area contributed by atoms with E-state index in [0.29, 0.717) is 49.1 Å². The van der Waals surface area contributed by atoms with Crippen molar-refractivity contribution in [3.63, 3.8) is 0 Å². The van der Waals surface area contributed by atoms with Gasteiger partial charge in [0.2, 0.25) is 0 Å². The van der Waals surface area contributed by atoms with Gasteiger partial charge < -0.3 is 24.5 Å². The van der Waals surface area contributed by atoms with Gasteiger partial charge in [-0.3, -0.25) is 9.80 Å². The summed E-state index contributed by atoms with van der Waals surface area (Å²) in [6, 6.07) is 12.6. The normalized spacial score (nSPS) is 18.5. The van der Waals surface area contributed by atoms with Crippen molar-refractivity contribution in [1.29, 1.82) is 0 Å². The average molecular weight is 530 g/mol. The molecule has 1 amide bonds. The van der Waals surface area contributed by atoms with Gasteiger partial charge in [-0.25, -0.2) is 9.18 Å². The van der Waals surface area contributed by atoms with Crippen molar-refractivity contribution < 1.29 is 23.5 Å². The molecule has 2 aromatic rings. The average Bonchev–Trinajstić information content (AvgIpc) is 3.28. The van der Waals surface area contributed by atoms with Crippen LogP contribution in [0, 0.1) is 5.82 Å². The summed E-state index contributed by atoms with van der Waals surface area (Å²) in [6.07, 6.45) is -0.828. The Balaban J connectivity index is 1.35. The SMILES string of the molecule is CO/N=C(\CN1CCN(c2ccc(N3C[C@H](CNC(C)=S)OC3=O)cc2F)CC1)c1ccc(OC)cc1. The summed E-state index contributed by atoms with van der Waals surface area (Å²) in [6.45, 7) is 5.96. The lowest BCUT2D eigenvalue weighted by Crippen LogP contribution is -2.48. The van der Waals surface area contributed by atoms with Crippen molar-refractivity contribution in [2.75, 3.05) is 69.8 Å². The fourth-order valence-electron chi connectivity index (χ4n) is 4.44. The van der Waals surface area contributed by atoms with Crippen molar-refractivity contribution >= 4 is 40.4 Å². The van der Waals surface area contributed by atoms with Crippen LogP contribution >= 0.6 is 12.2 Å². The summed E-state index contributed by atoms with van der Waals surface area (Å²) < 4.78 is 25.8. The molecular weight excluding hydrogens is 497 g/mol. The number of oxime groups is 1. The number of nitrogens with zero attached hydrogens (tertiary/aromatic N) is 4. The molecule has 0 unspecified atom stereocenters. The molecule has 11 heteroatoms. The number of halogens is 1. The van der Waals surface area contributed by atoms with Gasteiger partial charge in [0, 0.05) is 38.3 Å². The number of ether oxygens (including phenoxy) is 2. The molecule has 1 atom stereocenters. The van der Waals surface area contributed by atoms with Crippen LogP contribution < -0.4 is 19.9 Å². The predicted octanol–water partition coefficient (Wildman–Crippen LogP) is 3.27. The lowest BCUT2D eigenvalue weighted by molar-refractivity contribution is 0.143. The van der Waals surface area contributed by atoms with Crippen molar-refractivity contribution in [3.8, 4) is 5.75 Å². The van der Waals surface area contributed by atoms with Crippen molar-refractivity contribution in [2.45, 2.75) is 13.0 Å². The monoisotopic (exact) mass is 529 g/mol. The molecule has 9 nitrogen and oxygen atoms in total. The van der Waals surface area contributed by atoms with E-state index in [4.69, 9.17) is 26.5 Å². The number of hydrogen-bond acceptors (Lipinski definition) is 8. The van der Waals surface area contributed by atoms with E-state index < -0.39 is 6.09 Å². The van der Waals surface area contributed by atoms with E-state index in [2.05, 4.69) is 15.4 Å². The van der Waals surface area contributed by atoms with Crippen LogP contribution in [0.1, 0.15) is 12.5 Å². The zero-order valence-corrected chi connectivity index (χ0v) is 22.1. The molecule has 0 saturated carbocycles. The number of rotatable bonds is 9. The van der Waals surface area contributed by atoms with Crippen LogP contribution in [-0.2, 0) is 9.57 Å². The highest BCUT2D eigenvalue weighted by atomic mass is 32.1. The predicted molar refractivity (Wildman–Crippen MR) is 145 cm³/mol. The third-order valence-corrected chi connectivity index (χ3v) is 6.55. The first-order valence-electron chi connectivity index (χ1n) is 12.1. The summed E-state index contributed by atoms with van der Waals surface area (Å²) in [7, 11) is 3.17. The minimum absolute atomic E-state index is 0.339. The highest BCUT2D eigenvalue weighted by Gasteiger charge is 2.33. The molecule has 1 N–H and O–H groups in total. The van der Waals surface area contributed by atoms with Gasteiger partial charge in [-0.05, 0) is 49.4 Å². The van der Waals surface area contributed by atoms with Gasteiger partial charge in [0.15, 0.2) is 0 Å². The molecule has 4 rings (SSSR count). The number of benzene rings is 2. The van der Waals surface area contributed by atoms with E-state index in [1.165, 1.54) is 18.1 Å². The van der Waals surface area contributed by atoms with E-state index in [1.807, 2.05) is 29.2 Å². The summed E-state index contributed by atoms with van der Waals surface area (Å²) in [5.74, 6) is 0.414. The number of nitrogens with one attached hydrogen (secondary N) is 1. The Kier molecular flexibility index (Phi) is 8.78. The molecule has 0 spiro atoms. The maximum absolute atomic E-state index is 15.1. The topological polar surface area (TPSA) is 78.9 Å². The van der Waals surface area contributed by atoms with Crippen LogP contribution in [0.25, 0.3) is 0 Å². The van der Waals surface area contributed by atoms with Gasteiger partial charge in [0.25, 0.3) is 0 Å². The Morgan fingerprint density at radius 2 is 1.89 bits per heavy atom. The Labute approximate surface area is 221 Å². The Morgan fingerprint density at radius 3 is 2.51 bits per heavy atom. The van der Waals surface area contributed by atoms with Crippen LogP contribution in [-0.4, -0.2) is 87.8 Å². The minimum Gasteiger partial charge on any atom is -0.497 e. The van der Waals surface area contributed by atoms with Gasteiger partial charge >= 0.3 is 6.09 Å². The number of cyclic esters (lactones) is 1. The molecule has 198 valence electrons. The lowest BCUT2D eigenvalue weighted by atomic mass is 10.1. The molecule has 37 heavy (non-hydrogen) atoms. The molecule has 0 bridgehead atoms. The summed E-state index contributed by atoms with van der Waals surface area (Å²) in [5, 5.41) is 7.23. The van der Waals surface area contributed by atoms with Crippen molar-refractivity contribution in [2.24, 2.45) is 5.16 Å². The van der Waals surface area contributed by atoms with Gasteiger partial charge in [0.05, 0.1) is 36.6 Å². The molecule has 0 aliphatic carbocycles. The number of piperazine rings is 1. The fourth-order valence-corrected chi connectivity index (χ4v) is 4.52. The Bertz CT molecular complexity index is 1140. The van der Waals surface area contributed by atoms with E-state index in [-0.39, 0.29) is 11.9 Å². The molecular formula is C26H32FN5O4S. The maximum Gasteiger partial charge on any atom is 0.414 e. The van der Waals surface area contributed by atoms with Crippen molar-refractivity contribution in [3.05, 3.63) is 53.8 Å². The smallest absolute Gasteiger partial charge is 0.414 e. The highest BCUT2D eigenvalue weighted by molar-refractivity contribution is 7.80. The number of carbonyl (C=O) groups is 1. The molecule has 2 aliphatic rings.